The number of rotatable bonds is 3. The lowest BCUT2D eigenvalue weighted by Gasteiger charge is -2.02. The van der Waals surface area contributed by atoms with E-state index < -0.39 is 0 Å². The van der Waals surface area contributed by atoms with Crippen LogP contribution in [0.15, 0.2) is 18.2 Å². The first-order chi connectivity index (χ1) is 6.27. The van der Waals surface area contributed by atoms with Crippen LogP contribution in [0.25, 0.3) is 5.57 Å². The summed E-state index contributed by atoms with van der Waals surface area (Å²) in [4.78, 5) is 0. The lowest BCUT2D eigenvalue weighted by Crippen LogP contribution is -2.01. The molecule has 1 aromatic rings. The highest BCUT2D eigenvalue weighted by atomic mass is 15.2. The highest BCUT2D eigenvalue weighted by Crippen LogP contribution is 2.10. The minimum absolute atomic E-state index is 0.829. The molecule has 0 aliphatic carbocycles. The van der Waals surface area contributed by atoms with Crippen molar-refractivity contribution in [3.05, 3.63) is 23.9 Å². The Morgan fingerprint density at radius 3 is 2.69 bits per heavy atom. The summed E-state index contributed by atoms with van der Waals surface area (Å²) in [7, 11) is 0. The molecule has 0 unspecified atom stereocenters. The van der Waals surface area contributed by atoms with Crippen LogP contribution >= 0.6 is 0 Å². The molecule has 0 bridgehead atoms. The third-order valence-corrected chi connectivity index (χ3v) is 1.86. The number of anilines is 1. The lowest BCUT2D eigenvalue weighted by molar-refractivity contribution is 0.993. The fourth-order valence-electron chi connectivity index (χ4n) is 0.966. The standard InChI is InChI=1S/C10H15N3/c1-4-8(3)9-6-7-10(11-5-2)13-12-9/h4,6-7H,5H2,1-3H3,(H,11,13). The Kier molecular flexibility index (Phi) is 3.43. The van der Waals surface area contributed by atoms with Crippen molar-refractivity contribution in [2.45, 2.75) is 20.8 Å². The quantitative estimate of drug-likeness (QED) is 0.770. The van der Waals surface area contributed by atoms with E-state index in [2.05, 4.69) is 15.5 Å². The third-order valence-electron chi connectivity index (χ3n) is 1.86. The SMILES string of the molecule is CC=C(C)c1ccc(NCC)nn1. The number of hydrogen-bond acceptors (Lipinski definition) is 3. The van der Waals surface area contributed by atoms with Gasteiger partial charge in [0, 0.05) is 6.54 Å². The van der Waals surface area contributed by atoms with Crippen LogP contribution in [0.1, 0.15) is 26.5 Å². The van der Waals surface area contributed by atoms with Crippen LogP contribution < -0.4 is 5.32 Å². The monoisotopic (exact) mass is 177 g/mol. The maximum absolute atomic E-state index is 4.09. The zero-order chi connectivity index (χ0) is 9.68. The zero-order valence-electron chi connectivity index (χ0n) is 8.33. The average Bonchev–Trinajstić information content (AvgIpc) is 2.18. The predicted octanol–water partition coefficient (Wildman–Crippen LogP) is 2.33. The Balaban J connectivity index is 2.81. The van der Waals surface area contributed by atoms with Crippen molar-refractivity contribution in [1.82, 2.24) is 10.2 Å². The minimum atomic E-state index is 0.829. The molecular weight excluding hydrogens is 162 g/mol. The molecule has 0 amide bonds. The van der Waals surface area contributed by atoms with Gasteiger partial charge in [-0.2, -0.15) is 0 Å². The molecule has 1 rings (SSSR count). The Morgan fingerprint density at radius 2 is 2.23 bits per heavy atom. The molecule has 70 valence electrons. The Hall–Kier alpha value is -1.38. The second-order valence-corrected chi connectivity index (χ2v) is 2.81. The smallest absolute Gasteiger partial charge is 0.148 e. The van der Waals surface area contributed by atoms with Gasteiger partial charge in [0.05, 0.1) is 5.69 Å². The van der Waals surface area contributed by atoms with Gasteiger partial charge in [0.25, 0.3) is 0 Å². The van der Waals surface area contributed by atoms with E-state index in [4.69, 9.17) is 0 Å². The van der Waals surface area contributed by atoms with Crippen molar-refractivity contribution in [3.8, 4) is 0 Å². The van der Waals surface area contributed by atoms with Crippen LogP contribution in [0, 0.1) is 0 Å². The predicted molar refractivity (Wildman–Crippen MR) is 55.5 cm³/mol. The summed E-state index contributed by atoms with van der Waals surface area (Å²) in [5.74, 6) is 0.829. The van der Waals surface area contributed by atoms with Crippen LogP contribution in [-0.4, -0.2) is 16.7 Å². The topological polar surface area (TPSA) is 37.8 Å². The summed E-state index contributed by atoms with van der Waals surface area (Å²) >= 11 is 0. The molecule has 0 saturated heterocycles. The largest absolute Gasteiger partial charge is 0.369 e. The maximum Gasteiger partial charge on any atom is 0.148 e. The van der Waals surface area contributed by atoms with Crippen molar-refractivity contribution >= 4 is 11.4 Å². The summed E-state index contributed by atoms with van der Waals surface area (Å²) in [5.41, 5.74) is 2.08. The van der Waals surface area contributed by atoms with E-state index in [0.717, 1.165) is 23.6 Å². The van der Waals surface area contributed by atoms with Gasteiger partial charge in [0.1, 0.15) is 5.82 Å². The van der Waals surface area contributed by atoms with E-state index in [-0.39, 0.29) is 0 Å². The molecule has 0 fully saturated rings. The lowest BCUT2D eigenvalue weighted by atomic mass is 10.2. The van der Waals surface area contributed by atoms with Gasteiger partial charge in [-0.25, -0.2) is 0 Å². The molecule has 0 radical (unpaired) electrons. The number of aromatic nitrogens is 2. The van der Waals surface area contributed by atoms with Crippen LogP contribution in [0.5, 0.6) is 0 Å². The van der Waals surface area contributed by atoms with Crippen LogP contribution in [-0.2, 0) is 0 Å². The van der Waals surface area contributed by atoms with Gasteiger partial charge in [0.15, 0.2) is 0 Å². The molecule has 0 aliphatic heterocycles. The Bertz CT molecular complexity index is 288. The van der Waals surface area contributed by atoms with Crippen molar-refractivity contribution in [2.75, 3.05) is 11.9 Å². The van der Waals surface area contributed by atoms with E-state index in [0.29, 0.717) is 0 Å². The van der Waals surface area contributed by atoms with Crippen molar-refractivity contribution in [2.24, 2.45) is 0 Å². The van der Waals surface area contributed by atoms with Crippen molar-refractivity contribution in [1.29, 1.82) is 0 Å². The van der Waals surface area contributed by atoms with E-state index in [1.165, 1.54) is 0 Å². The fraction of sp³-hybridized carbons (Fsp3) is 0.400. The maximum atomic E-state index is 4.09. The number of nitrogens with zero attached hydrogens (tertiary/aromatic N) is 2. The van der Waals surface area contributed by atoms with Crippen molar-refractivity contribution in [3.63, 3.8) is 0 Å². The van der Waals surface area contributed by atoms with Gasteiger partial charge in [-0.3, -0.25) is 0 Å². The van der Waals surface area contributed by atoms with Gasteiger partial charge < -0.3 is 5.32 Å². The molecule has 1 heterocycles. The first-order valence-corrected chi connectivity index (χ1v) is 4.48. The first-order valence-electron chi connectivity index (χ1n) is 4.48. The molecule has 3 nitrogen and oxygen atoms in total. The summed E-state index contributed by atoms with van der Waals surface area (Å²) in [5, 5.41) is 11.2. The zero-order valence-corrected chi connectivity index (χ0v) is 8.33. The van der Waals surface area contributed by atoms with Gasteiger partial charge in [-0.05, 0) is 38.5 Å². The van der Waals surface area contributed by atoms with Crippen LogP contribution in [0.4, 0.5) is 5.82 Å². The van der Waals surface area contributed by atoms with E-state index in [1.54, 1.807) is 0 Å². The molecule has 0 aromatic carbocycles. The number of hydrogen-bond donors (Lipinski definition) is 1. The summed E-state index contributed by atoms with van der Waals surface area (Å²) in [6.07, 6.45) is 2.02. The number of allylic oxidation sites excluding steroid dienone is 2. The van der Waals surface area contributed by atoms with Crippen LogP contribution in [0.3, 0.4) is 0 Å². The molecule has 0 atom stereocenters. The molecule has 0 saturated carbocycles. The van der Waals surface area contributed by atoms with Gasteiger partial charge >= 0.3 is 0 Å². The van der Waals surface area contributed by atoms with Gasteiger partial charge in [-0.1, -0.05) is 6.08 Å². The molecular formula is C10H15N3. The molecule has 1 aromatic heterocycles. The summed E-state index contributed by atoms with van der Waals surface area (Å²) in [6.45, 7) is 6.93. The summed E-state index contributed by atoms with van der Waals surface area (Å²) in [6, 6.07) is 3.92. The first kappa shape index (κ1) is 9.71. The van der Waals surface area contributed by atoms with Crippen LogP contribution in [0.2, 0.25) is 0 Å². The normalized spacial score (nSPS) is 11.5. The van der Waals surface area contributed by atoms with Gasteiger partial charge in [-0.15, -0.1) is 10.2 Å². The van der Waals surface area contributed by atoms with E-state index in [9.17, 15) is 0 Å². The third kappa shape index (κ3) is 2.54. The van der Waals surface area contributed by atoms with Crippen molar-refractivity contribution < 1.29 is 0 Å². The number of nitrogens with one attached hydrogen (secondary N) is 1. The van der Waals surface area contributed by atoms with E-state index in [1.807, 2.05) is 39.0 Å². The Morgan fingerprint density at radius 1 is 1.46 bits per heavy atom. The molecule has 0 aliphatic rings. The average molecular weight is 177 g/mol. The molecule has 0 spiro atoms. The second kappa shape index (κ2) is 4.60. The van der Waals surface area contributed by atoms with Gasteiger partial charge in [0.2, 0.25) is 0 Å². The molecule has 3 heteroatoms. The highest BCUT2D eigenvalue weighted by molar-refractivity contribution is 5.60. The Labute approximate surface area is 78.9 Å². The van der Waals surface area contributed by atoms with E-state index >= 15 is 0 Å². The second-order valence-electron chi connectivity index (χ2n) is 2.81. The molecule has 1 N–H and O–H groups in total. The minimum Gasteiger partial charge on any atom is -0.369 e. The summed E-state index contributed by atoms with van der Waals surface area (Å²) < 4.78 is 0. The molecule has 13 heavy (non-hydrogen) atoms. The highest BCUT2D eigenvalue weighted by Gasteiger charge is 1.97. The fourth-order valence-corrected chi connectivity index (χ4v) is 0.966.